The number of piperidine rings is 1. The predicted octanol–water partition coefficient (Wildman–Crippen LogP) is 9.73. The fraction of sp³-hybridized carbons (Fsp3) is 0.442. The third-order valence-electron chi connectivity index (χ3n) is 12.5. The van der Waals surface area contributed by atoms with Gasteiger partial charge in [0, 0.05) is 34.7 Å². The molecule has 4 fully saturated rings. The summed E-state index contributed by atoms with van der Waals surface area (Å²) in [6.07, 6.45) is 11.1. The van der Waals surface area contributed by atoms with Gasteiger partial charge in [0.25, 0.3) is 0 Å². The van der Waals surface area contributed by atoms with Gasteiger partial charge < -0.3 is 19.4 Å². The van der Waals surface area contributed by atoms with Gasteiger partial charge in [-0.25, -0.2) is 24.1 Å². The van der Waals surface area contributed by atoms with Crippen molar-refractivity contribution in [3.63, 3.8) is 0 Å². The second-order valence-electron chi connectivity index (χ2n) is 17.8. The van der Waals surface area contributed by atoms with Crippen LogP contribution in [-0.2, 0) is 4.74 Å². The number of hydrogen-bond acceptors (Lipinski definition) is 8. The second kappa shape index (κ2) is 12.0. The van der Waals surface area contributed by atoms with Gasteiger partial charge in [0.05, 0.1) is 62.5 Å². The zero-order valence-electron chi connectivity index (χ0n) is 32.2. The van der Waals surface area contributed by atoms with Crippen LogP contribution in [0.25, 0.3) is 44.7 Å². The molecule has 1 amide bonds. The Kier molecular flexibility index (Phi) is 7.34. The molecular weight excluding hydrogens is 728 g/mol. The van der Waals surface area contributed by atoms with Crippen LogP contribution in [0.1, 0.15) is 112 Å². The number of imidazole rings is 2. The monoisotopic (exact) mass is 772 g/mol. The van der Waals surface area contributed by atoms with Crippen LogP contribution in [0.3, 0.4) is 0 Å². The summed E-state index contributed by atoms with van der Waals surface area (Å²) < 4.78 is 31.4. The summed E-state index contributed by atoms with van der Waals surface area (Å²) in [6, 6.07) is 12.1. The molecule has 13 heteroatoms. The number of carbonyl (C=O) groups excluding carboxylic acids is 1. The van der Waals surface area contributed by atoms with Crippen molar-refractivity contribution in [1.29, 1.82) is 0 Å². The van der Waals surface area contributed by atoms with E-state index in [1.54, 1.807) is 23.6 Å². The van der Waals surface area contributed by atoms with E-state index in [0.29, 0.717) is 22.8 Å². The lowest BCUT2D eigenvalue weighted by atomic mass is 10.0. The summed E-state index contributed by atoms with van der Waals surface area (Å²) >= 11 is 1.68. The molecule has 5 aliphatic rings. The Bertz CT molecular complexity index is 2560. The number of fused-ring (bicyclic) bond motifs is 6. The Balaban J connectivity index is 0.965. The fourth-order valence-corrected chi connectivity index (χ4v) is 10.5. The lowest BCUT2D eigenvalue weighted by molar-refractivity contribution is 0.0174. The van der Waals surface area contributed by atoms with Gasteiger partial charge in [-0.15, -0.1) is 11.3 Å². The summed E-state index contributed by atoms with van der Waals surface area (Å²) in [6.45, 7) is 8.97. The van der Waals surface area contributed by atoms with Crippen molar-refractivity contribution < 1.29 is 18.7 Å². The summed E-state index contributed by atoms with van der Waals surface area (Å²) in [7, 11) is 2.12. The number of ether oxygens (including phenoxy) is 2. The number of hydrogen-bond donors (Lipinski definition) is 2. The summed E-state index contributed by atoms with van der Waals surface area (Å²) in [4.78, 5) is 39.9. The minimum absolute atomic E-state index is 0.0786. The number of amides is 1. The number of rotatable bonds is 6. The Labute approximate surface area is 328 Å². The van der Waals surface area contributed by atoms with E-state index < -0.39 is 11.8 Å². The first kappa shape index (κ1) is 34.3. The molecule has 288 valence electrons. The van der Waals surface area contributed by atoms with Gasteiger partial charge in [0.15, 0.2) is 0 Å². The first-order valence-electron chi connectivity index (χ1n) is 19.8. The van der Waals surface area contributed by atoms with Crippen molar-refractivity contribution in [3.05, 3.63) is 82.3 Å². The molecule has 3 aliphatic heterocycles. The summed E-state index contributed by atoms with van der Waals surface area (Å²) in [5, 5.41) is 2.08. The number of halogens is 1. The molecule has 0 bridgehead atoms. The standard InChI is InChI=1S/C43H45FN8O3S/c1-42(2,3)55-41(53)52-32(17-43(4)18-35(43)52)38-46-19-27(48-38)23-10-11-29-25(13-23)15-31-36-26(44)14-24(28-20-45-37(49-28)30-7-6-12-50(30)5)16-33(36)54-40(51(29)31)34-21-47-39(56-34)22-8-9-22/h10-11,13-16,19-22,30,32,35,40H,6-9,12,17-18H2,1-5H3,(H,45,49)(H,46,48). The Morgan fingerprint density at radius 3 is 2.46 bits per heavy atom. The Hall–Kier alpha value is -5.01. The van der Waals surface area contributed by atoms with Crippen molar-refractivity contribution in [1.82, 2.24) is 39.3 Å². The molecule has 5 unspecified atom stereocenters. The fourth-order valence-electron chi connectivity index (χ4n) is 9.37. The van der Waals surface area contributed by atoms with Crippen LogP contribution in [0.4, 0.5) is 9.18 Å². The van der Waals surface area contributed by atoms with Crippen molar-refractivity contribution >= 4 is 28.3 Å². The Morgan fingerprint density at radius 1 is 0.964 bits per heavy atom. The third kappa shape index (κ3) is 5.52. The number of likely N-dealkylation sites (tertiary alicyclic amines) is 2. The molecule has 7 heterocycles. The highest BCUT2D eigenvalue weighted by atomic mass is 32.1. The van der Waals surface area contributed by atoms with Crippen LogP contribution in [0.5, 0.6) is 5.75 Å². The SMILES string of the molecule is CN1CCCC1c1ncc(-c2cc(F)c3c(c2)OC(c2cnc(C4CC4)s2)n2c-3cc3cc(-c4cnc(C5CC6(C)CC6N5C(=O)OC(C)(C)C)[nH]4)ccc32)[nH]1. The average molecular weight is 773 g/mol. The van der Waals surface area contributed by atoms with Gasteiger partial charge in [-0.05, 0) is 109 Å². The lowest BCUT2D eigenvalue weighted by Crippen LogP contribution is -2.38. The number of aromatic amines is 2. The van der Waals surface area contributed by atoms with Crippen LogP contribution < -0.4 is 4.74 Å². The van der Waals surface area contributed by atoms with Gasteiger partial charge in [-0.1, -0.05) is 13.0 Å². The normalized spacial score (nSPS) is 25.6. The molecule has 2 aromatic carbocycles. The van der Waals surface area contributed by atoms with Gasteiger partial charge in [-0.2, -0.15) is 0 Å². The van der Waals surface area contributed by atoms with E-state index in [2.05, 4.69) is 57.7 Å². The van der Waals surface area contributed by atoms with E-state index in [1.165, 1.54) is 0 Å². The van der Waals surface area contributed by atoms with E-state index in [1.807, 2.05) is 44.1 Å². The number of aromatic nitrogens is 6. The zero-order valence-corrected chi connectivity index (χ0v) is 33.0. The molecular formula is C43H45FN8O3S. The quantitative estimate of drug-likeness (QED) is 0.173. The molecule has 11 rings (SSSR count). The molecule has 56 heavy (non-hydrogen) atoms. The van der Waals surface area contributed by atoms with Crippen LogP contribution >= 0.6 is 11.3 Å². The van der Waals surface area contributed by atoms with Gasteiger partial charge >= 0.3 is 6.09 Å². The van der Waals surface area contributed by atoms with Gasteiger partial charge in [0.1, 0.15) is 28.8 Å². The van der Waals surface area contributed by atoms with Crippen LogP contribution in [0.15, 0.2) is 55.0 Å². The largest absolute Gasteiger partial charge is 0.464 e. The predicted molar refractivity (Wildman–Crippen MR) is 212 cm³/mol. The molecule has 4 aromatic heterocycles. The number of thiazole rings is 1. The maximum Gasteiger partial charge on any atom is 0.411 e. The number of nitrogens with zero attached hydrogens (tertiary/aromatic N) is 6. The van der Waals surface area contributed by atoms with E-state index in [9.17, 15) is 4.79 Å². The highest BCUT2D eigenvalue weighted by molar-refractivity contribution is 7.11. The van der Waals surface area contributed by atoms with Gasteiger partial charge in [-0.3, -0.25) is 14.4 Å². The number of H-pyrrole nitrogens is 2. The van der Waals surface area contributed by atoms with Crippen molar-refractivity contribution in [2.45, 2.75) is 102 Å². The molecule has 5 atom stereocenters. The lowest BCUT2D eigenvalue weighted by Gasteiger charge is -2.29. The van der Waals surface area contributed by atoms with Crippen molar-refractivity contribution in [3.8, 4) is 39.5 Å². The highest BCUT2D eigenvalue weighted by Crippen LogP contribution is 2.63. The van der Waals surface area contributed by atoms with E-state index in [-0.39, 0.29) is 35.5 Å². The minimum Gasteiger partial charge on any atom is -0.464 e. The number of nitrogens with one attached hydrogen (secondary N) is 2. The number of benzene rings is 2. The smallest absolute Gasteiger partial charge is 0.411 e. The summed E-state index contributed by atoms with van der Waals surface area (Å²) in [5.41, 5.74) is 4.88. The molecule has 0 radical (unpaired) electrons. The average Bonchev–Trinajstić information content (AvgIpc) is 3.63. The second-order valence-corrected chi connectivity index (χ2v) is 18.9. The van der Waals surface area contributed by atoms with Crippen molar-refractivity contribution in [2.24, 2.45) is 5.41 Å². The molecule has 2 saturated heterocycles. The first-order valence-corrected chi connectivity index (χ1v) is 20.7. The molecule has 0 spiro atoms. The van der Waals surface area contributed by atoms with E-state index in [4.69, 9.17) is 24.4 Å². The van der Waals surface area contributed by atoms with Crippen molar-refractivity contribution in [2.75, 3.05) is 13.6 Å². The first-order chi connectivity index (χ1) is 26.9. The highest BCUT2D eigenvalue weighted by Gasteiger charge is 2.64. The molecule has 2 aliphatic carbocycles. The van der Waals surface area contributed by atoms with Crippen LogP contribution in [0, 0.1) is 11.2 Å². The summed E-state index contributed by atoms with van der Waals surface area (Å²) in [5.74, 6) is 2.32. The Morgan fingerprint density at radius 2 is 1.73 bits per heavy atom. The van der Waals surface area contributed by atoms with Crippen LogP contribution in [0.2, 0.25) is 0 Å². The van der Waals surface area contributed by atoms with Crippen LogP contribution in [-0.4, -0.2) is 70.6 Å². The van der Waals surface area contributed by atoms with E-state index in [0.717, 1.165) is 100 Å². The molecule has 11 nitrogen and oxygen atoms in total. The maximum absolute atomic E-state index is 16.6. The van der Waals surface area contributed by atoms with E-state index >= 15 is 4.39 Å². The topological polar surface area (TPSA) is 117 Å². The molecule has 2 saturated carbocycles. The third-order valence-corrected chi connectivity index (χ3v) is 13.7. The zero-order chi connectivity index (χ0) is 38.2. The maximum atomic E-state index is 16.6. The number of carbonyl (C=O) groups is 1. The van der Waals surface area contributed by atoms with Gasteiger partial charge in [0.2, 0.25) is 6.23 Å². The molecule has 2 N–H and O–H groups in total. The minimum atomic E-state index is -0.582. The molecule has 6 aromatic rings.